The van der Waals surface area contributed by atoms with Crippen molar-refractivity contribution in [2.75, 3.05) is 0 Å². The lowest BCUT2D eigenvalue weighted by atomic mass is 10.1. The van der Waals surface area contributed by atoms with Gasteiger partial charge in [-0.25, -0.2) is 4.98 Å². The molecule has 0 aliphatic carbocycles. The molecule has 0 atom stereocenters. The fraction of sp³-hybridized carbons (Fsp3) is 0.133. The molecule has 1 heterocycles. The summed E-state index contributed by atoms with van der Waals surface area (Å²) in [6, 6.07) is 14.8. The Kier molecular flexibility index (Phi) is 1.60. The highest BCUT2D eigenvalue weighted by Crippen LogP contribution is 2.23. The van der Waals surface area contributed by atoms with Crippen molar-refractivity contribution in [1.82, 2.24) is 9.55 Å². The predicted octanol–water partition coefficient (Wildman–Crippen LogP) is 3.55. The Morgan fingerprint density at radius 1 is 1.06 bits per heavy atom. The minimum atomic E-state index is -2.06. The number of benzene rings is 2. The summed E-state index contributed by atoms with van der Waals surface area (Å²) < 4.78 is 24.2. The molecule has 0 saturated carbocycles. The normalized spacial score (nSPS) is 14.3. The van der Waals surface area contributed by atoms with Crippen molar-refractivity contribution in [3.05, 3.63) is 54.1 Å². The van der Waals surface area contributed by atoms with Gasteiger partial charge in [0.05, 0.1) is 11.0 Å². The summed E-state index contributed by atoms with van der Waals surface area (Å²) in [4.78, 5) is 4.60. The first kappa shape index (κ1) is 7.28. The molecule has 0 amide bonds. The van der Waals surface area contributed by atoms with E-state index in [4.69, 9.17) is 4.11 Å². The second kappa shape index (κ2) is 3.74. The van der Waals surface area contributed by atoms with Gasteiger partial charge >= 0.3 is 0 Å². The van der Waals surface area contributed by atoms with Gasteiger partial charge in [0.25, 0.3) is 0 Å². The van der Waals surface area contributed by atoms with Gasteiger partial charge in [0.15, 0.2) is 0 Å². The molecule has 2 nitrogen and oxygen atoms in total. The molecule has 3 aromatic rings. The van der Waals surface area contributed by atoms with Crippen LogP contribution in [0.1, 0.15) is 9.68 Å². The molecule has 2 aromatic carbocycles. The third-order valence-corrected chi connectivity index (χ3v) is 2.93. The first-order valence-corrected chi connectivity index (χ1v) is 5.49. The molecule has 3 rings (SSSR count). The number of hydrogen-bond donors (Lipinski definition) is 0. The van der Waals surface area contributed by atoms with E-state index in [1.165, 1.54) is 0 Å². The van der Waals surface area contributed by atoms with Crippen molar-refractivity contribution in [3.8, 4) is 11.4 Å². The van der Waals surface area contributed by atoms with Gasteiger partial charge in [-0.2, -0.15) is 0 Å². The fourth-order valence-corrected chi connectivity index (χ4v) is 2.02. The van der Waals surface area contributed by atoms with E-state index in [2.05, 4.69) is 4.98 Å². The quantitative estimate of drug-likeness (QED) is 0.619. The Hall–Kier alpha value is -2.09. The minimum absolute atomic E-state index is 0.347. The van der Waals surface area contributed by atoms with Gasteiger partial charge in [-0.15, -0.1) is 0 Å². The molecular formula is C15H14N2. The number of rotatable bonds is 1. The lowest BCUT2D eigenvalue weighted by molar-refractivity contribution is 0.959. The van der Waals surface area contributed by atoms with Crippen LogP contribution < -0.4 is 0 Å². The molecule has 0 aliphatic heterocycles. The lowest BCUT2D eigenvalue weighted by Crippen LogP contribution is -1.92. The summed E-state index contributed by atoms with van der Waals surface area (Å²) in [5.74, 6) is 0.836. The largest absolute Gasteiger partial charge is 0.327 e. The number of hydrogen-bond acceptors (Lipinski definition) is 1. The highest BCUT2D eigenvalue weighted by Gasteiger charge is 2.08. The minimum Gasteiger partial charge on any atom is -0.327 e. The van der Waals surface area contributed by atoms with Crippen molar-refractivity contribution >= 4 is 11.0 Å². The highest BCUT2D eigenvalue weighted by atomic mass is 15.1. The Morgan fingerprint density at radius 2 is 1.82 bits per heavy atom. The van der Waals surface area contributed by atoms with Gasteiger partial charge in [0.1, 0.15) is 5.82 Å². The zero-order valence-electron chi connectivity index (χ0n) is 12.5. The molecule has 0 fully saturated rings. The summed E-state index contributed by atoms with van der Waals surface area (Å²) in [7, 11) is 1.96. The highest BCUT2D eigenvalue weighted by molar-refractivity contribution is 5.80. The molecule has 0 radical (unpaired) electrons. The molecule has 2 heteroatoms. The number of imidazole rings is 1. The molecule has 1 aromatic heterocycles. The molecule has 0 spiro atoms. The average molecular weight is 225 g/mol. The van der Waals surface area contributed by atoms with Crippen LogP contribution in [0.2, 0.25) is 0 Å². The maximum absolute atomic E-state index is 7.39. The molecule has 0 saturated heterocycles. The monoisotopic (exact) mass is 225 g/mol. The summed E-state index contributed by atoms with van der Waals surface area (Å²) in [5.41, 5.74) is 3.25. The number of aromatic nitrogens is 2. The van der Waals surface area contributed by atoms with Crippen molar-refractivity contribution in [2.45, 2.75) is 6.85 Å². The SMILES string of the molecule is [2H]C([2H])([2H])c1ccc(-c2nc3ccccc3n2C)cc1. The van der Waals surface area contributed by atoms with Gasteiger partial charge in [0, 0.05) is 16.7 Å². The number of para-hydroxylation sites is 2. The molecule has 0 aliphatic rings. The first-order chi connectivity index (χ1) is 9.47. The van der Waals surface area contributed by atoms with Crippen LogP contribution in [0.3, 0.4) is 0 Å². The third-order valence-electron chi connectivity index (χ3n) is 2.93. The molecular weight excluding hydrogens is 208 g/mol. The van der Waals surface area contributed by atoms with E-state index in [1.54, 1.807) is 12.1 Å². The van der Waals surface area contributed by atoms with Crippen LogP contribution in [-0.2, 0) is 7.05 Å². The van der Waals surface area contributed by atoms with E-state index in [1.807, 2.05) is 48.0 Å². The van der Waals surface area contributed by atoms with E-state index in [9.17, 15) is 0 Å². The van der Waals surface area contributed by atoms with E-state index in [0.29, 0.717) is 5.56 Å². The number of aryl methyl sites for hydroxylation is 2. The van der Waals surface area contributed by atoms with Crippen molar-refractivity contribution < 1.29 is 4.11 Å². The molecule has 0 unspecified atom stereocenters. The summed E-state index contributed by atoms with van der Waals surface area (Å²) in [5, 5.41) is 0. The van der Waals surface area contributed by atoms with E-state index >= 15 is 0 Å². The van der Waals surface area contributed by atoms with E-state index < -0.39 is 6.85 Å². The summed E-state index contributed by atoms with van der Waals surface area (Å²) in [6.45, 7) is -2.06. The van der Waals surface area contributed by atoms with Crippen molar-refractivity contribution in [3.63, 3.8) is 0 Å². The lowest BCUT2D eigenvalue weighted by Gasteiger charge is -2.02. The van der Waals surface area contributed by atoms with Gasteiger partial charge < -0.3 is 4.57 Å². The summed E-state index contributed by atoms with van der Waals surface area (Å²) in [6.07, 6.45) is 0. The third kappa shape index (κ3) is 1.62. The molecule has 0 bridgehead atoms. The van der Waals surface area contributed by atoms with E-state index in [0.717, 1.165) is 22.4 Å². The van der Waals surface area contributed by atoms with Crippen LogP contribution in [0.15, 0.2) is 48.5 Å². The zero-order valence-corrected chi connectivity index (χ0v) is 9.51. The van der Waals surface area contributed by atoms with Crippen LogP contribution in [0, 0.1) is 6.85 Å². The Labute approximate surface area is 105 Å². The zero-order chi connectivity index (χ0) is 14.3. The number of fused-ring (bicyclic) bond motifs is 1. The van der Waals surface area contributed by atoms with Crippen molar-refractivity contribution in [2.24, 2.45) is 7.05 Å². The Morgan fingerprint density at radius 3 is 2.53 bits per heavy atom. The van der Waals surface area contributed by atoms with Crippen LogP contribution in [-0.4, -0.2) is 9.55 Å². The van der Waals surface area contributed by atoms with Crippen molar-refractivity contribution in [1.29, 1.82) is 0 Å². The van der Waals surface area contributed by atoms with Gasteiger partial charge in [0.2, 0.25) is 0 Å². The van der Waals surface area contributed by atoms with Gasteiger partial charge in [-0.3, -0.25) is 0 Å². The standard InChI is InChI=1S/C15H14N2/c1-11-7-9-12(10-8-11)15-16-13-5-3-4-6-14(13)17(15)2/h3-10H,1-2H3/i1D3. The van der Waals surface area contributed by atoms with Crippen LogP contribution >= 0.6 is 0 Å². The van der Waals surface area contributed by atoms with Gasteiger partial charge in [-0.1, -0.05) is 42.0 Å². The second-order valence-corrected chi connectivity index (χ2v) is 4.06. The smallest absolute Gasteiger partial charge is 0.140 e. The maximum atomic E-state index is 7.39. The van der Waals surface area contributed by atoms with E-state index in [-0.39, 0.29) is 0 Å². The topological polar surface area (TPSA) is 17.8 Å². The van der Waals surface area contributed by atoms with Crippen LogP contribution in [0.5, 0.6) is 0 Å². The Balaban J connectivity index is 2.09. The number of nitrogens with zero attached hydrogens (tertiary/aromatic N) is 2. The van der Waals surface area contributed by atoms with Crippen LogP contribution in [0.4, 0.5) is 0 Å². The molecule has 84 valence electrons. The molecule has 17 heavy (non-hydrogen) atoms. The Bertz CT molecular complexity index is 755. The predicted molar refractivity (Wildman–Crippen MR) is 70.9 cm³/mol. The second-order valence-electron chi connectivity index (χ2n) is 4.06. The molecule has 0 N–H and O–H groups in total. The van der Waals surface area contributed by atoms with Crippen LogP contribution in [0.25, 0.3) is 22.4 Å². The fourth-order valence-electron chi connectivity index (χ4n) is 2.02. The average Bonchev–Trinajstić information content (AvgIpc) is 2.76. The first-order valence-electron chi connectivity index (χ1n) is 6.99. The summed E-state index contributed by atoms with van der Waals surface area (Å²) >= 11 is 0. The maximum Gasteiger partial charge on any atom is 0.140 e. The van der Waals surface area contributed by atoms with Gasteiger partial charge in [-0.05, 0) is 19.0 Å².